The number of hydrogen-bond acceptors (Lipinski definition) is 6. The highest BCUT2D eigenvalue weighted by atomic mass is 16.5. The molecule has 1 amide bonds. The molecule has 0 bridgehead atoms. The highest BCUT2D eigenvalue weighted by molar-refractivity contribution is 5.79. The fourth-order valence-corrected chi connectivity index (χ4v) is 1.89. The zero-order chi connectivity index (χ0) is 18.8. The fraction of sp³-hybridized carbons (Fsp3) is 0.765. The first-order chi connectivity index (χ1) is 11.1. The van der Waals surface area contributed by atoms with Crippen LogP contribution in [-0.4, -0.2) is 62.2 Å². The van der Waals surface area contributed by atoms with Crippen LogP contribution < -0.4 is 10.6 Å². The highest BCUT2D eigenvalue weighted by Crippen LogP contribution is 2.12. The summed E-state index contributed by atoms with van der Waals surface area (Å²) >= 11 is 0. The molecule has 7 heteroatoms. The van der Waals surface area contributed by atoms with Gasteiger partial charge in [0.15, 0.2) is 5.88 Å². The van der Waals surface area contributed by atoms with Gasteiger partial charge in [-0.05, 0) is 47.4 Å². The maximum absolute atomic E-state index is 11.9. The number of amides is 1. The Labute approximate surface area is 145 Å². The zero-order valence-corrected chi connectivity index (χ0v) is 15.9. The molecule has 24 heavy (non-hydrogen) atoms. The molecular formula is C17H33N3O4. The number of nitrogens with zero attached hydrogens (tertiary/aromatic N) is 1. The van der Waals surface area contributed by atoms with E-state index >= 15 is 0 Å². The van der Waals surface area contributed by atoms with Gasteiger partial charge in [-0.3, -0.25) is 4.79 Å². The number of esters is 1. The number of methoxy groups -OCH3 is 1. The molecule has 0 fully saturated rings. The average Bonchev–Trinajstić information content (AvgIpc) is 2.48. The van der Waals surface area contributed by atoms with E-state index in [2.05, 4.69) is 29.0 Å². The van der Waals surface area contributed by atoms with Crippen LogP contribution in [-0.2, 0) is 19.1 Å². The lowest BCUT2D eigenvalue weighted by atomic mass is 10.1. The molecule has 140 valence electrons. The lowest BCUT2D eigenvalue weighted by Gasteiger charge is -2.26. The number of rotatable bonds is 11. The Morgan fingerprint density at radius 2 is 1.92 bits per heavy atom. The van der Waals surface area contributed by atoms with Gasteiger partial charge in [0.25, 0.3) is 0 Å². The minimum Gasteiger partial charge on any atom is -0.474 e. The van der Waals surface area contributed by atoms with Gasteiger partial charge in [0, 0.05) is 19.5 Å². The van der Waals surface area contributed by atoms with E-state index in [1.54, 1.807) is 0 Å². The summed E-state index contributed by atoms with van der Waals surface area (Å²) in [6.45, 7) is 13.8. The van der Waals surface area contributed by atoms with E-state index in [1.165, 1.54) is 7.11 Å². The van der Waals surface area contributed by atoms with E-state index in [9.17, 15) is 9.59 Å². The van der Waals surface area contributed by atoms with Crippen LogP contribution in [0.4, 0.5) is 0 Å². The zero-order valence-electron chi connectivity index (χ0n) is 15.9. The predicted octanol–water partition coefficient (Wildman–Crippen LogP) is 1.25. The molecule has 0 aromatic heterocycles. The first-order valence-corrected chi connectivity index (χ1v) is 8.26. The number of carbonyl (C=O) groups excluding carboxylic acids is 2. The van der Waals surface area contributed by atoms with Crippen molar-refractivity contribution in [3.63, 3.8) is 0 Å². The monoisotopic (exact) mass is 343 g/mol. The molecule has 0 saturated heterocycles. The van der Waals surface area contributed by atoms with Gasteiger partial charge in [-0.1, -0.05) is 6.92 Å². The Balaban J connectivity index is 4.36. The lowest BCUT2D eigenvalue weighted by Crippen LogP contribution is -2.40. The Bertz CT molecular complexity index is 419. The largest absolute Gasteiger partial charge is 0.474 e. The van der Waals surface area contributed by atoms with Crippen molar-refractivity contribution in [3.05, 3.63) is 12.5 Å². The summed E-state index contributed by atoms with van der Waals surface area (Å²) in [7, 11) is 3.30. The molecule has 0 radical (unpaired) electrons. The maximum atomic E-state index is 11.9. The average molecular weight is 343 g/mol. The van der Waals surface area contributed by atoms with Crippen LogP contribution in [0.25, 0.3) is 0 Å². The van der Waals surface area contributed by atoms with E-state index in [0.717, 1.165) is 13.1 Å². The Morgan fingerprint density at radius 1 is 1.29 bits per heavy atom. The molecule has 0 aromatic carbocycles. The Kier molecular flexibility index (Phi) is 10.1. The van der Waals surface area contributed by atoms with Gasteiger partial charge >= 0.3 is 5.97 Å². The molecule has 0 spiro atoms. The third-order valence-electron chi connectivity index (χ3n) is 3.27. The van der Waals surface area contributed by atoms with Gasteiger partial charge in [-0.15, -0.1) is 0 Å². The van der Waals surface area contributed by atoms with Crippen LogP contribution in [0.5, 0.6) is 0 Å². The molecule has 1 atom stereocenters. The van der Waals surface area contributed by atoms with Crippen LogP contribution >= 0.6 is 0 Å². The minimum atomic E-state index is -0.672. The van der Waals surface area contributed by atoms with Crippen molar-refractivity contribution >= 4 is 11.9 Å². The summed E-state index contributed by atoms with van der Waals surface area (Å²) in [4.78, 5) is 25.8. The summed E-state index contributed by atoms with van der Waals surface area (Å²) in [6.07, 6.45) is 0.514. The van der Waals surface area contributed by atoms with E-state index in [0.29, 0.717) is 13.0 Å². The van der Waals surface area contributed by atoms with Gasteiger partial charge in [-0.2, -0.15) is 0 Å². The van der Waals surface area contributed by atoms with E-state index in [4.69, 9.17) is 9.47 Å². The van der Waals surface area contributed by atoms with Crippen molar-refractivity contribution in [2.45, 2.75) is 52.2 Å². The van der Waals surface area contributed by atoms with Gasteiger partial charge in [0.05, 0.1) is 7.11 Å². The summed E-state index contributed by atoms with van der Waals surface area (Å²) in [5.74, 6) is -0.271. The molecule has 0 aliphatic carbocycles. The standard InChI is InChI=1S/C17H33N3O4/c1-8-20(6)12-11-18-15(21)10-9-14(16(22)23-7)19-13(2)24-17(3,4)5/h14,19H,2,8-12H2,1,3-7H3,(H,18,21)/t14-/m0/s1. The van der Waals surface area contributed by atoms with Gasteiger partial charge in [0.1, 0.15) is 11.6 Å². The van der Waals surface area contributed by atoms with Crippen LogP contribution in [0.15, 0.2) is 12.5 Å². The van der Waals surface area contributed by atoms with Crippen molar-refractivity contribution in [1.82, 2.24) is 15.5 Å². The number of carbonyl (C=O) groups is 2. The molecule has 2 N–H and O–H groups in total. The summed E-state index contributed by atoms with van der Waals surface area (Å²) in [5, 5.41) is 5.72. The van der Waals surface area contributed by atoms with Crippen molar-refractivity contribution < 1.29 is 19.1 Å². The first-order valence-electron chi connectivity index (χ1n) is 8.26. The topological polar surface area (TPSA) is 79.9 Å². The van der Waals surface area contributed by atoms with Gasteiger partial charge in [-0.25, -0.2) is 4.79 Å². The van der Waals surface area contributed by atoms with Crippen LogP contribution in [0.3, 0.4) is 0 Å². The maximum Gasteiger partial charge on any atom is 0.328 e. The Morgan fingerprint density at radius 3 is 2.42 bits per heavy atom. The summed E-state index contributed by atoms with van der Waals surface area (Å²) in [5.41, 5.74) is -0.423. The highest BCUT2D eigenvalue weighted by Gasteiger charge is 2.22. The third kappa shape index (κ3) is 10.9. The predicted molar refractivity (Wildman–Crippen MR) is 94.3 cm³/mol. The van der Waals surface area contributed by atoms with Crippen LogP contribution in [0.2, 0.25) is 0 Å². The van der Waals surface area contributed by atoms with Gasteiger partial charge in [0.2, 0.25) is 5.91 Å². The molecule has 0 unspecified atom stereocenters. The smallest absolute Gasteiger partial charge is 0.328 e. The number of hydrogen-bond donors (Lipinski definition) is 2. The molecule has 0 rings (SSSR count). The quantitative estimate of drug-likeness (QED) is 0.434. The molecule has 0 aromatic rings. The number of ether oxygens (including phenoxy) is 2. The Hall–Kier alpha value is -1.76. The summed E-state index contributed by atoms with van der Waals surface area (Å²) in [6, 6.07) is -0.672. The molecule has 0 saturated carbocycles. The number of nitrogens with one attached hydrogen (secondary N) is 2. The second kappa shape index (κ2) is 10.9. The minimum absolute atomic E-state index is 0.0995. The molecular weight excluding hydrogens is 310 g/mol. The second-order valence-corrected chi connectivity index (χ2v) is 6.64. The first kappa shape index (κ1) is 22.2. The molecule has 0 aliphatic heterocycles. The number of likely N-dealkylation sites (N-methyl/N-ethyl adjacent to an activating group) is 1. The second-order valence-electron chi connectivity index (χ2n) is 6.64. The van der Waals surface area contributed by atoms with Crippen molar-refractivity contribution in [1.29, 1.82) is 0 Å². The van der Waals surface area contributed by atoms with Crippen LogP contribution in [0.1, 0.15) is 40.5 Å². The normalized spacial score (nSPS) is 12.5. The lowest BCUT2D eigenvalue weighted by molar-refractivity contribution is -0.143. The van der Waals surface area contributed by atoms with Crippen molar-refractivity contribution in [2.75, 3.05) is 33.8 Å². The molecule has 0 heterocycles. The van der Waals surface area contributed by atoms with Crippen molar-refractivity contribution in [2.24, 2.45) is 0 Å². The van der Waals surface area contributed by atoms with E-state index in [1.807, 2.05) is 27.8 Å². The fourth-order valence-electron chi connectivity index (χ4n) is 1.89. The molecule has 7 nitrogen and oxygen atoms in total. The third-order valence-corrected chi connectivity index (χ3v) is 3.27. The SMILES string of the molecule is C=C(N[C@@H](CCC(=O)NCCN(C)CC)C(=O)OC)OC(C)(C)C. The van der Waals surface area contributed by atoms with Crippen LogP contribution in [0, 0.1) is 0 Å². The van der Waals surface area contributed by atoms with Gasteiger partial charge < -0.3 is 25.0 Å². The molecule has 0 aliphatic rings. The van der Waals surface area contributed by atoms with E-state index in [-0.39, 0.29) is 18.2 Å². The summed E-state index contributed by atoms with van der Waals surface area (Å²) < 4.78 is 10.3. The van der Waals surface area contributed by atoms with E-state index < -0.39 is 17.6 Å². The van der Waals surface area contributed by atoms with Crippen molar-refractivity contribution in [3.8, 4) is 0 Å².